The van der Waals surface area contributed by atoms with Crippen LogP contribution in [-0.4, -0.2) is 5.91 Å². The van der Waals surface area contributed by atoms with Crippen LogP contribution in [0, 0.1) is 11.3 Å². The molecule has 0 rings (SSSR count). The first-order valence-electron chi connectivity index (χ1n) is 5.69. The van der Waals surface area contributed by atoms with Crippen LogP contribution in [0.5, 0.6) is 0 Å². The standard InChI is InChI=1S/C14H22ClNO/c1-7-9-11(15)12(8-2)16-13(17)10(3)14(4,5)6/h7-10H,1H2,2-6H3,(H,16,17)/b11-9+,12-8+. The minimum absolute atomic E-state index is 0.0267. The van der Waals surface area contributed by atoms with E-state index in [0.29, 0.717) is 10.7 Å². The average Bonchev–Trinajstić information content (AvgIpc) is 2.23. The van der Waals surface area contributed by atoms with Crippen LogP contribution in [0.2, 0.25) is 0 Å². The van der Waals surface area contributed by atoms with Crippen molar-refractivity contribution in [3.8, 4) is 0 Å². The molecule has 0 aromatic heterocycles. The van der Waals surface area contributed by atoms with E-state index in [1.807, 2.05) is 34.6 Å². The van der Waals surface area contributed by atoms with Crippen LogP contribution in [0.3, 0.4) is 0 Å². The molecule has 0 aromatic rings. The summed E-state index contributed by atoms with van der Waals surface area (Å²) in [5.41, 5.74) is 0.546. The second-order valence-electron chi connectivity index (χ2n) is 5.03. The summed E-state index contributed by atoms with van der Waals surface area (Å²) in [5, 5.41) is 3.32. The van der Waals surface area contributed by atoms with Gasteiger partial charge in [-0.25, -0.2) is 0 Å². The molecule has 0 heterocycles. The predicted molar refractivity (Wildman–Crippen MR) is 74.7 cm³/mol. The highest BCUT2D eigenvalue weighted by atomic mass is 35.5. The Hall–Kier alpha value is -1.02. The third-order valence-corrected chi connectivity index (χ3v) is 3.09. The predicted octanol–water partition coefficient (Wildman–Crippen LogP) is 4.00. The second kappa shape index (κ2) is 6.65. The minimum atomic E-state index is -0.0920. The zero-order valence-corrected chi connectivity index (χ0v) is 12.1. The van der Waals surface area contributed by atoms with E-state index in [1.165, 1.54) is 0 Å². The van der Waals surface area contributed by atoms with Crippen LogP contribution in [0.4, 0.5) is 0 Å². The molecule has 0 bridgehead atoms. The largest absolute Gasteiger partial charge is 0.325 e. The van der Waals surface area contributed by atoms with Crippen LogP contribution in [-0.2, 0) is 4.79 Å². The number of halogens is 1. The first-order valence-corrected chi connectivity index (χ1v) is 6.07. The van der Waals surface area contributed by atoms with Crippen molar-refractivity contribution < 1.29 is 4.79 Å². The molecular weight excluding hydrogens is 234 g/mol. The molecule has 3 heteroatoms. The minimum Gasteiger partial charge on any atom is -0.325 e. The van der Waals surface area contributed by atoms with Crippen molar-refractivity contribution in [3.63, 3.8) is 0 Å². The zero-order chi connectivity index (χ0) is 13.6. The number of hydrogen-bond donors (Lipinski definition) is 1. The van der Waals surface area contributed by atoms with E-state index in [1.54, 1.807) is 18.2 Å². The quantitative estimate of drug-likeness (QED) is 0.756. The molecule has 1 atom stereocenters. The zero-order valence-electron chi connectivity index (χ0n) is 11.3. The Morgan fingerprint density at radius 3 is 2.29 bits per heavy atom. The summed E-state index contributed by atoms with van der Waals surface area (Å²) in [6.45, 7) is 13.4. The van der Waals surface area contributed by atoms with E-state index in [-0.39, 0.29) is 17.2 Å². The summed E-state index contributed by atoms with van der Waals surface area (Å²) < 4.78 is 0. The molecule has 1 N–H and O–H groups in total. The van der Waals surface area contributed by atoms with Gasteiger partial charge in [0.25, 0.3) is 0 Å². The third kappa shape index (κ3) is 5.22. The number of amides is 1. The van der Waals surface area contributed by atoms with Gasteiger partial charge in [0.05, 0.1) is 10.7 Å². The molecule has 1 amide bonds. The van der Waals surface area contributed by atoms with Crippen molar-refractivity contribution >= 4 is 17.5 Å². The molecule has 0 saturated heterocycles. The van der Waals surface area contributed by atoms with E-state index in [9.17, 15) is 4.79 Å². The second-order valence-corrected chi connectivity index (χ2v) is 5.44. The van der Waals surface area contributed by atoms with Crippen molar-refractivity contribution in [1.29, 1.82) is 0 Å². The van der Waals surface area contributed by atoms with Gasteiger partial charge in [0.15, 0.2) is 0 Å². The Balaban J connectivity index is 4.79. The fraction of sp³-hybridized carbons (Fsp3) is 0.500. The monoisotopic (exact) mass is 255 g/mol. The Morgan fingerprint density at radius 2 is 1.94 bits per heavy atom. The van der Waals surface area contributed by atoms with Gasteiger partial charge in [-0.05, 0) is 18.4 Å². The number of allylic oxidation sites excluding steroid dienone is 4. The van der Waals surface area contributed by atoms with E-state index >= 15 is 0 Å². The lowest BCUT2D eigenvalue weighted by molar-refractivity contribution is -0.126. The summed E-state index contributed by atoms with van der Waals surface area (Å²) in [4.78, 5) is 12.0. The maximum absolute atomic E-state index is 12.0. The van der Waals surface area contributed by atoms with E-state index in [4.69, 9.17) is 11.6 Å². The lowest BCUT2D eigenvalue weighted by atomic mass is 9.81. The molecule has 0 aromatic carbocycles. The van der Waals surface area contributed by atoms with Gasteiger partial charge in [0.1, 0.15) is 0 Å². The summed E-state index contributed by atoms with van der Waals surface area (Å²) in [5.74, 6) is -0.119. The van der Waals surface area contributed by atoms with Gasteiger partial charge in [0.2, 0.25) is 5.91 Å². The first kappa shape index (κ1) is 16.0. The SMILES string of the molecule is C=C/C=C(Cl)\C(=C/C)NC(=O)C(C)C(C)(C)C. The average molecular weight is 256 g/mol. The molecule has 0 aliphatic carbocycles. The van der Waals surface area contributed by atoms with Crippen LogP contribution >= 0.6 is 11.6 Å². The molecule has 17 heavy (non-hydrogen) atoms. The number of nitrogens with one attached hydrogen (secondary N) is 1. The van der Waals surface area contributed by atoms with Crippen molar-refractivity contribution in [3.05, 3.63) is 35.5 Å². The summed E-state index contributed by atoms with van der Waals surface area (Å²) >= 11 is 6.02. The van der Waals surface area contributed by atoms with Gasteiger partial charge in [-0.1, -0.05) is 58.0 Å². The lowest BCUT2D eigenvalue weighted by Crippen LogP contribution is -2.35. The highest BCUT2D eigenvalue weighted by Crippen LogP contribution is 2.26. The molecule has 0 spiro atoms. The van der Waals surface area contributed by atoms with Crippen molar-refractivity contribution in [2.75, 3.05) is 0 Å². The molecule has 0 aliphatic rings. The molecule has 96 valence electrons. The fourth-order valence-corrected chi connectivity index (χ4v) is 1.34. The smallest absolute Gasteiger partial charge is 0.227 e. The van der Waals surface area contributed by atoms with E-state index in [0.717, 1.165) is 0 Å². The molecule has 0 fully saturated rings. The van der Waals surface area contributed by atoms with Gasteiger partial charge in [-0.2, -0.15) is 0 Å². The summed E-state index contributed by atoms with van der Waals surface area (Å²) in [7, 11) is 0. The Morgan fingerprint density at radius 1 is 1.41 bits per heavy atom. The lowest BCUT2D eigenvalue weighted by Gasteiger charge is -2.26. The van der Waals surface area contributed by atoms with E-state index in [2.05, 4.69) is 11.9 Å². The molecule has 0 saturated carbocycles. The van der Waals surface area contributed by atoms with Crippen LogP contribution in [0.25, 0.3) is 0 Å². The number of carbonyl (C=O) groups is 1. The highest BCUT2D eigenvalue weighted by Gasteiger charge is 2.27. The van der Waals surface area contributed by atoms with Crippen molar-refractivity contribution in [2.45, 2.75) is 34.6 Å². The van der Waals surface area contributed by atoms with Crippen molar-refractivity contribution in [1.82, 2.24) is 5.32 Å². The maximum Gasteiger partial charge on any atom is 0.227 e. The van der Waals surface area contributed by atoms with Gasteiger partial charge in [-0.15, -0.1) is 0 Å². The third-order valence-electron chi connectivity index (χ3n) is 2.76. The molecule has 0 aliphatic heterocycles. The topological polar surface area (TPSA) is 29.1 Å². The Kier molecular flexibility index (Phi) is 6.25. The summed E-state index contributed by atoms with van der Waals surface area (Å²) in [6.07, 6.45) is 5.01. The maximum atomic E-state index is 12.0. The normalized spacial score (nSPS) is 15.4. The van der Waals surface area contributed by atoms with Crippen LogP contribution in [0.1, 0.15) is 34.6 Å². The molecule has 2 nitrogen and oxygen atoms in total. The van der Waals surface area contributed by atoms with Crippen LogP contribution < -0.4 is 5.32 Å². The van der Waals surface area contributed by atoms with Crippen molar-refractivity contribution in [2.24, 2.45) is 11.3 Å². The number of hydrogen-bond acceptors (Lipinski definition) is 1. The van der Waals surface area contributed by atoms with Gasteiger partial charge >= 0.3 is 0 Å². The Labute approximate surface area is 109 Å². The van der Waals surface area contributed by atoms with Crippen LogP contribution in [0.15, 0.2) is 35.5 Å². The molecule has 1 unspecified atom stereocenters. The summed E-state index contributed by atoms with van der Waals surface area (Å²) in [6, 6.07) is 0. The van der Waals surface area contributed by atoms with E-state index < -0.39 is 0 Å². The van der Waals surface area contributed by atoms with Gasteiger partial charge in [-0.3, -0.25) is 4.79 Å². The first-order chi connectivity index (χ1) is 7.73. The van der Waals surface area contributed by atoms with Gasteiger partial charge < -0.3 is 5.32 Å². The molecule has 0 radical (unpaired) electrons. The highest BCUT2D eigenvalue weighted by molar-refractivity contribution is 6.32. The Bertz CT molecular complexity index is 348. The fourth-order valence-electron chi connectivity index (χ4n) is 1.10. The molecular formula is C14H22ClNO. The number of carbonyl (C=O) groups excluding carboxylic acids is 1. The number of rotatable bonds is 4. The van der Waals surface area contributed by atoms with Gasteiger partial charge in [0, 0.05) is 5.92 Å².